The van der Waals surface area contributed by atoms with Gasteiger partial charge in [0.15, 0.2) is 0 Å². The maximum absolute atomic E-state index is 11.7. The lowest BCUT2D eigenvalue weighted by atomic mass is 10.1. The maximum atomic E-state index is 11.7. The SMILES string of the molecule is CCCC(=O)Cc1ncnc2ccc([N+](=O)[O-])cc12. The van der Waals surface area contributed by atoms with E-state index in [1.54, 1.807) is 6.07 Å². The summed E-state index contributed by atoms with van der Waals surface area (Å²) in [6.07, 6.45) is 2.83. The van der Waals surface area contributed by atoms with Gasteiger partial charge >= 0.3 is 0 Å². The normalized spacial score (nSPS) is 10.6. The Hall–Kier alpha value is -2.37. The fourth-order valence-electron chi connectivity index (χ4n) is 1.91. The van der Waals surface area contributed by atoms with Gasteiger partial charge in [0.2, 0.25) is 0 Å². The minimum absolute atomic E-state index is 0.0218. The van der Waals surface area contributed by atoms with E-state index in [-0.39, 0.29) is 17.9 Å². The van der Waals surface area contributed by atoms with Crippen LogP contribution in [0.4, 0.5) is 5.69 Å². The average molecular weight is 259 g/mol. The van der Waals surface area contributed by atoms with Crippen molar-refractivity contribution in [3.63, 3.8) is 0 Å². The predicted molar refractivity (Wildman–Crippen MR) is 69.8 cm³/mol. The number of rotatable bonds is 5. The molecule has 2 rings (SSSR count). The maximum Gasteiger partial charge on any atom is 0.270 e. The molecule has 0 radical (unpaired) electrons. The van der Waals surface area contributed by atoms with Crippen molar-refractivity contribution in [3.05, 3.63) is 40.3 Å². The molecule has 0 atom stereocenters. The van der Waals surface area contributed by atoms with Gasteiger partial charge in [0.05, 0.1) is 16.1 Å². The second kappa shape index (κ2) is 5.51. The minimum Gasteiger partial charge on any atom is -0.299 e. The molecule has 0 aliphatic carbocycles. The van der Waals surface area contributed by atoms with Crippen LogP contribution in [-0.4, -0.2) is 20.7 Å². The average Bonchev–Trinajstić information content (AvgIpc) is 2.38. The molecule has 98 valence electrons. The molecule has 2 aromatic rings. The Balaban J connectivity index is 2.45. The molecule has 0 spiro atoms. The van der Waals surface area contributed by atoms with Gasteiger partial charge < -0.3 is 0 Å². The highest BCUT2D eigenvalue weighted by Gasteiger charge is 2.12. The van der Waals surface area contributed by atoms with Crippen molar-refractivity contribution >= 4 is 22.4 Å². The van der Waals surface area contributed by atoms with Crippen LogP contribution >= 0.6 is 0 Å². The van der Waals surface area contributed by atoms with Crippen LogP contribution < -0.4 is 0 Å². The molecule has 0 bridgehead atoms. The van der Waals surface area contributed by atoms with Crippen molar-refractivity contribution in [2.45, 2.75) is 26.2 Å². The Morgan fingerprint density at radius 2 is 2.16 bits per heavy atom. The van der Waals surface area contributed by atoms with Gasteiger partial charge in [-0.3, -0.25) is 14.9 Å². The molecule has 0 N–H and O–H groups in total. The fraction of sp³-hybridized carbons (Fsp3) is 0.308. The van der Waals surface area contributed by atoms with Gasteiger partial charge in [-0.05, 0) is 12.5 Å². The molecule has 0 fully saturated rings. The van der Waals surface area contributed by atoms with Crippen LogP contribution in [-0.2, 0) is 11.2 Å². The molecule has 0 saturated carbocycles. The molecule has 19 heavy (non-hydrogen) atoms. The number of nitrogens with zero attached hydrogens (tertiary/aromatic N) is 3. The lowest BCUT2D eigenvalue weighted by Gasteiger charge is -2.04. The van der Waals surface area contributed by atoms with Crippen molar-refractivity contribution in [2.75, 3.05) is 0 Å². The summed E-state index contributed by atoms with van der Waals surface area (Å²) in [5.41, 5.74) is 1.14. The third-order valence-corrected chi connectivity index (χ3v) is 2.81. The van der Waals surface area contributed by atoms with E-state index in [1.807, 2.05) is 6.92 Å². The monoisotopic (exact) mass is 259 g/mol. The topological polar surface area (TPSA) is 86.0 Å². The number of non-ortho nitro benzene ring substituents is 1. The van der Waals surface area contributed by atoms with Gasteiger partial charge in [0.1, 0.15) is 12.1 Å². The van der Waals surface area contributed by atoms with E-state index in [1.165, 1.54) is 18.5 Å². The van der Waals surface area contributed by atoms with Crippen LogP contribution in [0.3, 0.4) is 0 Å². The quantitative estimate of drug-likeness (QED) is 0.608. The highest BCUT2D eigenvalue weighted by Crippen LogP contribution is 2.21. The molecule has 0 aliphatic rings. The van der Waals surface area contributed by atoms with E-state index < -0.39 is 4.92 Å². The zero-order valence-corrected chi connectivity index (χ0v) is 10.5. The molecule has 0 unspecified atom stereocenters. The summed E-state index contributed by atoms with van der Waals surface area (Å²) in [5, 5.41) is 11.3. The van der Waals surface area contributed by atoms with Crippen LogP contribution in [0.1, 0.15) is 25.5 Å². The minimum atomic E-state index is -0.468. The number of carbonyl (C=O) groups excluding carboxylic acids is 1. The highest BCUT2D eigenvalue weighted by molar-refractivity contribution is 5.88. The first kappa shape index (κ1) is 13.1. The van der Waals surface area contributed by atoms with Crippen molar-refractivity contribution in [1.29, 1.82) is 0 Å². The van der Waals surface area contributed by atoms with Crippen LogP contribution in [0.25, 0.3) is 10.9 Å². The Labute approximate surface area is 109 Å². The molecular formula is C13H13N3O3. The van der Waals surface area contributed by atoms with Crippen LogP contribution in [0.2, 0.25) is 0 Å². The summed E-state index contributed by atoms with van der Waals surface area (Å²) in [4.78, 5) is 30.1. The Morgan fingerprint density at radius 1 is 1.37 bits per heavy atom. The first-order valence-electron chi connectivity index (χ1n) is 6.01. The Bertz CT molecular complexity index is 640. The van der Waals surface area contributed by atoms with E-state index in [0.29, 0.717) is 23.0 Å². The summed E-state index contributed by atoms with van der Waals surface area (Å²) in [7, 11) is 0. The van der Waals surface area contributed by atoms with E-state index in [9.17, 15) is 14.9 Å². The van der Waals surface area contributed by atoms with Gasteiger partial charge in [0, 0.05) is 30.4 Å². The molecule has 1 aromatic heterocycles. The summed E-state index contributed by atoms with van der Waals surface area (Å²) in [6, 6.07) is 4.39. The van der Waals surface area contributed by atoms with E-state index in [2.05, 4.69) is 9.97 Å². The first-order chi connectivity index (χ1) is 9.11. The number of carbonyl (C=O) groups is 1. The fourth-order valence-corrected chi connectivity index (χ4v) is 1.91. The number of nitro benzene ring substituents is 1. The molecule has 0 aliphatic heterocycles. The predicted octanol–water partition coefficient (Wildman–Crippen LogP) is 2.45. The van der Waals surface area contributed by atoms with E-state index in [4.69, 9.17) is 0 Å². The number of Topliss-reactive ketones (excluding diaryl/α,β-unsaturated/α-hetero) is 1. The van der Waals surface area contributed by atoms with Gasteiger partial charge in [0.25, 0.3) is 5.69 Å². The van der Waals surface area contributed by atoms with E-state index >= 15 is 0 Å². The zero-order valence-electron chi connectivity index (χ0n) is 10.5. The second-order valence-electron chi connectivity index (χ2n) is 4.24. The first-order valence-corrected chi connectivity index (χ1v) is 6.01. The molecule has 0 saturated heterocycles. The Kier molecular flexibility index (Phi) is 3.79. The number of hydrogen-bond donors (Lipinski definition) is 0. The van der Waals surface area contributed by atoms with Crippen LogP contribution in [0.15, 0.2) is 24.5 Å². The third kappa shape index (κ3) is 2.90. The number of benzene rings is 1. The van der Waals surface area contributed by atoms with Gasteiger partial charge in [-0.2, -0.15) is 0 Å². The molecule has 1 heterocycles. The number of fused-ring (bicyclic) bond motifs is 1. The third-order valence-electron chi connectivity index (χ3n) is 2.81. The van der Waals surface area contributed by atoms with Crippen LogP contribution in [0.5, 0.6) is 0 Å². The number of ketones is 1. The number of aromatic nitrogens is 2. The van der Waals surface area contributed by atoms with Gasteiger partial charge in [-0.25, -0.2) is 9.97 Å². The van der Waals surface area contributed by atoms with Crippen molar-refractivity contribution < 1.29 is 9.72 Å². The summed E-state index contributed by atoms with van der Waals surface area (Å²) in [5.74, 6) is 0.0778. The smallest absolute Gasteiger partial charge is 0.270 e. The largest absolute Gasteiger partial charge is 0.299 e. The second-order valence-corrected chi connectivity index (χ2v) is 4.24. The molecule has 0 amide bonds. The van der Waals surface area contributed by atoms with Gasteiger partial charge in [-0.1, -0.05) is 6.92 Å². The lowest BCUT2D eigenvalue weighted by Crippen LogP contribution is -2.05. The number of nitro groups is 1. The van der Waals surface area contributed by atoms with Crippen LogP contribution in [0, 0.1) is 10.1 Å². The van der Waals surface area contributed by atoms with Crippen molar-refractivity contribution in [1.82, 2.24) is 9.97 Å². The van der Waals surface area contributed by atoms with Crippen molar-refractivity contribution in [2.24, 2.45) is 0 Å². The standard InChI is InChI=1S/C13H13N3O3/c1-2-3-10(17)7-13-11-6-9(16(18)19)4-5-12(11)14-8-15-13/h4-6,8H,2-3,7H2,1H3. The molecule has 1 aromatic carbocycles. The Morgan fingerprint density at radius 3 is 2.84 bits per heavy atom. The number of hydrogen-bond acceptors (Lipinski definition) is 5. The summed E-state index contributed by atoms with van der Waals surface area (Å²) in [6.45, 7) is 1.93. The van der Waals surface area contributed by atoms with Crippen molar-refractivity contribution in [3.8, 4) is 0 Å². The highest BCUT2D eigenvalue weighted by atomic mass is 16.6. The molecule has 6 nitrogen and oxygen atoms in total. The summed E-state index contributed by atoms with van der Waals surface area (Å²) >= 11 is 0. The van der Waals surface area contributed by atoms with Gasteiger partial charge in [-0.15, -0.1) is 0 Å². The lowest BCUT2D eigenvalue weighted by molar-refractivity contribution is -0.384. The molecular weight excluding hydrogens is 246 g/mol. The summed E-state index contributed by atoms with van der Waals surface area (Å²) < 4.78 is 0. The zero-order chi connectivity index (χ0) is 13.8. The molecule has 6 heteroatoms. The van der Waals surface area contributed by atoms with E-state index in [0.717, 1.165) is 6.42 Å².